The van der Waals surface area contributed by atoms with Gasteiger partial charge in [-0.1, -0.05) is 80.1 Å². The van der Waals surface area contributed by atoms with Gasteiger partial charge in [0.2, 0.25) is 0 Å². The molecule has 0 aromatic heterocycles. The van der Waals surface area contributed by atoms with Crippen molar-refractivity contribution in [2.75, 3.05) is 0 Å². The van der Waals surface area contributed by atoms with Crippen LogP contribution >= 0.6 is 0 Å². The van der Waals surface area contributed by atoms with Crippen LogP contribution in [-0.2, 0) is 6.42 Å². The van der Waals surface area contributed by atoms with E-state index >= 15 is 0 Å². The molecule has 0 aliphatic heterocycles. The average Bonchev–Trinajstić information content (AvgIpc) is 2.56. The fourth-order valence-electron chi connectivity index (χ4n) is 2.70. The summed E-state index contributed by atoms with van der Waals surface area (Å²) in [5, 5.41) is 0. The molecule has 0 atom stereocenters. The fraction of sp³-hybridized carbons (Fsp3) is 0.143. The number of rotatable bonds is 4. The van der Waals surface area contributed by atoms with Crippen molar-refractivity contribution >= 4 is 0 Å². The van der Waals surface area contributed by atoms with E-state index in [2.05, 4.69) is 31.2 Å². The van der Waals surface area contributed by atoms with Gasteiger partial charge in [-0.25, -0.2) is 4.39 Å². The Bertz CT molecular complexity index is 743. The third-order valence-corrected chi connectivity index (χ3v) is 3.88. The molecule has 22 heavy (non-hydrogen) atoms. The molecule has 0 spiro atoms. The van der Waals surface area contributed by atoms with Crippen molar-refractivity contribution < 1.29 is 4.39 Å². The van der Waals surface area contributed by atoms with E-state index in [4.69, 9.17) is 0 Å². The Morgan fingerprint density at radius 1 is 0.727 bits per heavy atom. The van der Waals surface area contributed by atoms with Crippen LogP contribution < -0.4 is 0 Å². The van der Waals surface area contributed by atoms with Gasteiger partial charge in [-0.2, -0.15) is 0 Å². The zero-order valence-electron chi connectivity index (χ0n) is 12.7. The van der Waals surface area contributed by atoms with Gasteiger partial charge in [0, 0.05) is 5.56 Å². The topological polar surface area (TPSA) is 0 Å². The Morgan fingerprint density at radius 2 is 1.41 bits per heavy atom. The summed E-state index contributed by atoms with van der Waals surface area (Å²) in [6.07, 6.45) is 2.22. The minimum absolute atomic E-state index is 0.179. The van der Waals surface area contributed by atoms with Gasteiger partial charge in [0.25, 0.3) is 0 Å². The van der Waals surface area contributed by atoms with Crippen molar-refractivity contribution in [2.45, 2.75) is 19.8 Å². The molecule has 0 aliphatic carbocycles. The van der Waals surface area contributed by atoms with Crippen molar-refractivity contribution in [1.29, 1.82) is 0 Å². The molecule has 0 fully saturated rings. The Balaban J connectivity index is 1.91. The Labute approximate surface area is 131 Å². The molecule has 0 radical (unpaired) electrons. The van der Waals surface area contributed by atoms with Crippen molar-refractivity contribution in [3.63, 3.8) is 0 Å². The van der Waals surface area contributed by atoms with E-state index in [0.717, 1.165) is 29.5 Å². The van der Waals surface area contributed by atoms with E-state index in [1.807, 2.05) is 42.5 Å². The summed E-state index contributed by atoms with van der Waals surface area (Å²) in [5.41, 5.74) is 4.85. The lowest BCUT2D eigenvalue weighted by Gasteiger charge is -2.08. The molecule has 0 saturated carbocycles. The molecule has 0 saturated heterocycles. The molecular weight excluding hydrogens is 271 g/mol. The Kier molecular flexibility index (Phi) is 4.34. The largest absolute Gasteiger partial charge is 0.206 e. The first-order chi connectivity index (χ1) is 10.8. The molecular formula is C21H19F. The first-order valence-electron chi connectivity index (χ1n) is 7.72. The molecule has 0 unspecified atom stereocenters. The maximum atomic E-state index is 14.4. The van der Waals surface area contributed by atoms with Crippen LogP contribution in [0.1, 0.15) is 18.9 Å². The van der Waals surface area contributed by atoms with E-state index in [9.17, 15) is 4.39 Å². The highest BCUT2D eigenvalue weighted by atomic mass is 19.1. The van der Waals surface area contributed by atoms with Gasteiger partial charge in [0.15, 0.2) is 0 Å². The number of benzene rings is 3. The minimum atomic E-state index is -0.179. The molecule has 3 rings (SSSR count). The summed E-state index contributed by atoms with van der Waals surface area (Å²) >= 11 is 0. The smallest absolute Gasteiger partial charge is 0.131 e. The van der Waals surface area contributed by atoms with Crippen LogP contribution in [-0.4, -0.2) is 0 Å². The maximum Gasteiger partial charge on any atom is 0.131 e. The van der Waals surface area contributed by atoms with Gasteiger partial charge < -0.3 is 0 Å². The van der Waals surface area contributed by atoms with E-state index in [0.29, 0.717) is 5.56 Å². The highest BCUT2D eigenvalue weighted by molar-refractivity contribution is 5.71. The summed E-state index contributed by atoms with van der Waals surface area (Å²) in [6, 6.07) is 23.5. The Hall–Kier alpha value is -2.41. The molecule has 0 aliphatic rings. The van der Waals surface area contributed by atoms with E-state index in [1.165, 1.54) is 5.56 Å². The molecule has 0 N–H and O–H groups in total. The predicted octanol–water partition coefficient (Wildman–Crippen LogP) is 6.11. The maximum absolute atomic E-state index is 14.4. The van der Waals surface area contributed by atoms with Crippen LogP contribution in [0.3, 0.4) is 0 Å². The lowest BCUT2D eigenvalue weighted by Crippen LogP contribution is -1.87. The lowest BCUT2D eigenvalue weighted by atomic mass is 9.98. The minimum Gasteiger partial charge on any atom is -0.206 e. The summed E-state index contributed by atoms with van der Waals surface area (Å²) in [5.74, 6) is -0.179. The summed E-state index contributed by atoms with van der Waals surface area (Å²) in [4.78, 5) is 0. The highest BCUT2D eigenvalue weighted by Crippen LogP contribution is 2.28. The molecule has 0 nitrogen and oxygen atoms in total. The SMILES string of the molecule is CCCc1ccc(-c2ccc(-c3ccccc3)c(F)c2)cc1. The number of aryl methyl sites for hydroxylation is 1. The average molecular weight is 290 g/mol. The van der Waals surface area contributed by atoms with Crippen molar-refractivity contribution in [3.05, 3.63) is 84.2 Å². The number of halogens is 1. The molecule has 0 bridgehead atoms. The summed E-state index contributed by atoms with van der Waals surface area (Å²) in [7, 11) is 0. The lowest BCUT2D eigenvalue weighted by molar-refractivity contribution is 0.632. The van der Waals surface area contributed by atoms with Gasteiger partial charge >= 0.3 is 0 Å². The molecule has 110 valence electrons. The van der Waals surface area contributed by atoms with Crippen molar-refractivity contribution in [3.8, 4) is 22.3 Å². The normalized spacial score (nSPS) is 10.6. The standard InChI is InChI=1S/C21H19F/c1-2-6-16-9-11-17(12-10-16)19-13-14-20(21(22)15-19)18-7-4-3-5-8-18/h3-5,7-15H,2,6H2,1H3. The summed E-state index contributed by atoms with van der Waals surface area (Å²) < 4.78 is 14.4. The molecule has 3 aromatic rings. The summed E-state index contributed by atoms with van der Waals surface area (Å²) in [6.45, 7) is 2.17. The fourth-order valence-corrected chi connectivity index (χ4v) is 2.70. The molecule has 0 amide bonds. The Morgan fingerprint density at radius 3 is 2.05 bits per heavy atom. The first kappa shape index (κ1) is 14.5. The second kappa shape index (κ2) is 6.57. The zero-order valence-corrected chi connectivity index (χ0v) is 12.7. The van der Waals surface area contributed by atoms with E-state index in [-0.39, 0.29) is 5.82 Å². The molecule has 1 heteroatoms. The predicted molar refractivity (Wildman–Crippen MR) is 91.3 cm³/mol. The van der Waals surface area contributed by atoms with Crippen LogP contribution in [0.15, 0.2) is 72.8 Å². The van der Waals surface area contributed by atoms with Gasteiger partial charge in [0.1, 0.15) is 5.82 Å². The van der Waals surface area contributed by atoms with Gasteiger partial charge in [-0.3, -0.25) is 0 Å². The van der Waals surface area contributed by atoms with Crippen LogP contribution in [0.2, 0.25) is 0 Å². The van der Waals surface area contributed by atoms with Crippen LogP contribution in [0.5, 0.6) is 0 Å². The van der Waals surface area contributed by atoms with Crippen LogP contribution in [0.25, 0.3) is 22.3 Å². The van der Waals surface area contributed by atoms with Crippen molar-refractivity contribution in [1.82, 2.24) is 0 Å². The van der Waals surface area contributed by atoms with Gasteiger partial charge in [-0.05, 0) is 34.7 Å². The highest BCUT2D eigenvalue weighted by Gasteiger charge is 2.07. The van der Waals surface area contributed by atoms with Crippen molar-refractivity contribution in [2.24, 2.45) is 0 Å². The molecule has 3 aromatic carbocycles. The number of hydrogen-bond acceptors (Lipinski definition) is 0. The molecule has 0 heterocycles. The van der Waals surface area contributed by atoms with Crippen LogP contribution in [0.4, 0.5) is 4.39 Å². The second-order valence-electron chi connectivity index (χ2n) is 5.51. The zero-order chi connectivity index (χ0) is 15.4. The first-order valence-corrected chi connectivity index (χ1v) is 7.72. The van der Waals surface area contributed by atoms with Gasteiger partial charge in [0.05, 0.1) is 0 Å². The third-order valence-electron chi connectivity index (χ3n) is 3.88. The van der Waals surface area contributed by atoms with E-state index < -0.39 is 0 Å². The van der Waals surface area contributed by atoms with Crippen LogP contribution in [0, 0.1) is 5.82 Å². The third kappa shape index (κ3) is 3.09. The monoisotopic (exact) mass is 290 g/mol. The van der Waals surface area contributed by atoms with Gasteiger partial charge in [-0.15, -0.1) is 0 Å². The van der Waals surface area contributed by atoms with E-state index in [1.54, 1.807) is 6.07 Å². The quantitative estimate of drug-likeness (QED) is 0.543. The second-order valence-corrected chi connectivity index (χ2v) is 5.51. The number of hydrogen-bond donors (Lipinski definition) is 0.